The second-order valence-electron chi connectivity index (χ2n) is 6.47. The first-order valence-electron chi connectivity index (χ1n) is 7.82. The van der Waals surface area contributed by atoms with Crippen molar-refractivity contribution in [1.29, 1.82) is 0 Å². The monoisotopic (exact) mass is 308 g/mol. The van der Waals surface area contributed by atoms with Crippen LogP contribution in [0.4, 0.5) is 0 Å². The molecule has 1 amide bonds. The van der Waals surface area contributed by atoms with E-state index < -0.39 is 11.9 Å². The molecular formula is C15H24N4O3. The number of carboxylic acids is 1. The number of aromatic nitrogens is 3. The summed E-state index contributed by atoms with van der Waals surface area (Å²) in [5, 5.41) is 17.1. The normalized spacial score (nSPS) is 22.1. The molecule has 1 aromatic heterocycles. The molecule has 0 aromatic carbocycles. The van der Waals surface area contributed by atoms with Gasteiger partial charge >= 0.3 is 5.97 Å². The van der Waals surface area contributed by atoms with Crippen molar-refractivity contribution in [3.8, 4) is 0 Å². The van der Waals surface area contributed by atoms with Crippen molar-refractivity contribution in [2.24, 2.45) is 11.8 Å². The molecule has 22 heavy (non-hydrogen) atoms. The first-order valence-corrected chi connectivity index (χ1v) is 7.82. The quantitative estimate of drug-likeness (QED) is 0.893. The first kappa shape index (κ1) is 16.5. The lowest BCUT2D eigenvalue weighted by atomic mass is 9.93. The van der Waals surface area contributed by atoms with E-state index in [1.807, 2.05) is 6.92 Å². The van der Waals surface area contributed by atoms with Crippen LogP contribution >= 0.6 is 0 Å². The largest absolute Gasteiger partial charge is 0.481 e. The van der Waals surface area contributed by atoms with Crippen LogP contribution in [0.5, 0.6) is 0 Å². The van der Waals surface area contributed by atoms with Crippen molar-refractivity contribution in [2.45, 2.75) is 52.6 Å². The number of rotatable bonds is 5. The molecule has 0 saturated carbocycles. The Morgan fingerprint density at radius 1 is 1.41 bits per heavy atom. The Morgan fingerprint density at radius 3 is 2.77 bits per heavy atom. The van der Waals surface area contributed by atoms with Crippen molar-refractivity contribution in [1.82, 2.24) is 19.9 Å². The molecule has 2 unspecified atom stereocenters. The average Bonchev–Trinajstić information content (AvgIpc) is 2.93. The lowest BCUT2D eigenvalue weighted by molar-refractivity contribution is -0.143. The Bertz CT molecular complexity index is 541. The number of aryl methyl sites for hydroxylation is 1. The number of nitrogens with zero attached hydrogens (tertiary/aromatic N) is 4. The Morgan fingerprint density at radius 2 is 2.14 bits per heavy atom. The number of hydrogen-bond acceptors (Lipinski definition) is 4. The van der Waals surface area contributed by atoms with E-state index in [2.05, 4.69) is 24.2 Å². The average molecular weight is 308 g/mol. The van der Waals surface area contributed by atoms with Crippen LogP contribution in [-0.2, 0) is 11.3 Å². The van der Waals surface area contributed by atoms with E-state index in [0.29, 0.717) is 24.5 Å². The van der Waals surface area contributed by atoms with Gasteiger partial charge in [0.15, 0.2) is 5.69 Å². The predicted octanol–water partition coefficient (Wildman–Crippen LogP) is 1.65. The summed E-state index contributed by atoms with van der Waals surface area (Å²) in [6, 6.07) is 0.0314. The van der Waals surface area contributed by atoms with Crippen LogP contribution in [0.15, 0.2) is 6.20 Å². The highest BCUT2D eigenvalue weighted by molar-refractivity contribution is 5.92. The summed E-state index contributed by atoms with van der Waals surface area (Å²) in [6.45, 7) is 7.17. The highest BCUT2D eigenvalue weighted by atomic mass is 16.4. The number of piperidine rings is 1. The van der Waals surface area contributed by atoms with Gasteiger partial charge in [-0.1, -0.05) is 19.1 Å². The van der Waals surface area contributed by atoms with Crippen LogP contribution < -0.4 is 0 Å². The molecule has 1 aliphatic heterocycles. The minimum absolute atomic E-state index is 0.0314. The van der Waals surface area contributed by atoms with Crippen LogP contribution in [0.1, 0.15) is 50.5 Å². The van der Waals surface area contributed by atoms with Gasteiger partial charge in [0.05, 0.1) is 12.1 Å². The van der Waals surface area contributed by atoms with Gasteiger partial charge in [0.25, 0.3) is 5.91 Å². The maximum Gasteiger partial charge on any atom is 0.308 e. The zero-order valence-electron chi connectivity index (χ0n) is 13.4. The number of amides is 1. The fourth-order valence-electron chi connectivity index (χ4n) is 2.63. The maximum atomic E-state index is 12.5. The molecule has 2 heterocycles. The van der Waals surface area contributed by atoms with Crippen LogP contribution in [0.3, 0.4) is 0 Å². The molecule has 0 radical (unpaired) electrons. The summed E-state index contributed by atoms with van der Waals surface area (Å²) in [5.74, 6) is -1.00. The predicted molar refractivity (Wildman–Crippen MR) is 80.3 cm³/mol. The fourth-order valence-corrected chi connectivity index (χ4v) is 2.63. The van der Waals surface area contributed by atoms with E-state index in [4.69, 9.17) is 5.11 Å². The van der Waals surface area contributed by atoms with Gasteiger partial charge in [-0.15, -0.1) is 5.10 Å². The summed E-state index contributed by atoms with van der Waals surface area (Å²) < 4.78 is 1.68. The van der Waals surface area contributed by atoms with Crippen molar-refractivity contribution >= 4 is 11.9 Å². The Labute approximate surface area is 130 Å². The molecule has 2 atom stereocenters. The number of carbonyl (C=O) groups is 2. The van der Waals surface area contributed by atoms with Crippen molar-refractivity contribution in [3.05, 3.63) is 11.9 Å². The SMILES string of the molecule is CC(C)CCn1cc(C(=O)N2CC(C(=O)O)CCC2C)nn1. The summed E-state index contributed by atoms with van der Waals surface area (Å²) in [6.07, 6.45) is 3.94. The highest BCUT2D eigenvalue weighted by Gasteiger charge is 2.33. The number of hydrogen-bond donors (Lipinski definition) is 1. The van der Waals surface area contributed by atoms with Gasteiger partial charge in [-0.3, -0.25) is 14.3 Å². The van der Waals surface area contributed by atoms with Gasteiger partial charge in [0, 0.05) is 19.1 Å². The molecule has 0 spiro atoms. The maximum absolute atomic E-state index is 12.5. The topological polar surface area (TPSA) is 88.3 Å². The molecule has 0 aliphatic carbocycles. The summed E-state index contributed by atoms with van der Waals surface area (Å²) in [4.78, 5) is 25.3. The van der Waals surface area contributed by atoms with Crippen LogP contribution in [-0.4, -0.2) is 49.5 Å². The third-order valence-corrected chi connectivity index (χ3v) is 4.19. The number of carbonyl (C=O) groups excluding carboxylic acids is 1. The smallest absolute Gasteiger partial charge is 0.308 e. The van der Waals surface area contributed by atoms with E-state index in [1.54, 1.807) is 15.8 Å². The molecular weight excluding hydrogens is 284 g/mol. The minimum atomic E-state index is -0.842. The molecule has 122 valence electrons. The Kier molecular flexibility index (Phi) is 5.15. The first-order chi connectivity index (χ1) is 10.4. The number of aliphatic carboxylic acids is 1. The van der Waals surface area contributed by atoms with E-state index in [9.17, 15) is 9.59 Å². The molecule has 1 saturated heterocycles. The van der Waals surface area contributed by atoms with Crippen molar-refractivity contribution < 1.29 is 14.7 Å². The van der Waals surface area contributed by atoms with Gasteiger partial charge in [-0.25, -0.2) is 0 Å². The van der Waals surface area contributed by atoms with Crippen LogP contribution in [0.2, 0.25) is 0 Å². The second-order valence-corrected chi connectivity index (χ2v) is 6.47. The van der Waals surface area contributed by atoms with Crippen molar-refractivity contribution in [2.75, 3.05) is 6.54 Å². The third kappa shape index (κ3) is 3.84. The lowest BCUT2D eigenvalue weighted by Crippen LogP contribution is -2.47. The zero-order chi connectivity index (χ0) is 16.3. The van der Waals surface area contributed by atoms with Gasteiger partial charge in [-0.05, 0) is 32.1 Å². The molecule has 1 aliphatic rings. The third-order valence-electron chi connectivity index (χ3n) is 4.19. The molecule has 7 nitrogen and oxygen atoms in total. The van der Waals surface area contributed by atoms with Gasteiger partial charge < -0.3 is 10.0 Å². The molecule has 1 N–H and O–H groups in total. The standard InChI is InChI=1S/C15H24N4O3/c1-10(2)6-7-18-9-13(16-17-18)14(20)19-8-12(15(21)22)5-4-11(19)3/h9-12H,4-8H2,1-3H3,(H,21,22). The summed E-state index contributed by atoms with van der Waals surface area (Å²) in [7, 11) is 0. The van der Waals surface area contributed by atoms with Gasteiger partial charge in [0.2, 0.25) is 0 Å². The Balaban J connectivity index is 2.04. The van der Waals surface area contributed by atoms with Crippen LogP contribution in [0.25, 0.3) is 0 Å². The number of likely N-dealkylation sites (tertiary alicyclic amines) is 1. The zero-order valence-corrected chi connectivity index (χ0v) is 13.4. The van der Waals surface area contributed by atoms with Crippen LogP contribution in [0, 0.1) is 11.8 Å². The molecule has 1 fully saturated rings. The van der Waals surface area contributed by atoms with Gasteiger partial charge in [-0.2, -0.15) is 0 Å². The highest BCUT2D eigenvalue weighted by Crippen LogP contribution is 2.23. The molecule has 7 heteroatoms. The fraction of sp³-hybridized carbons (Fsp3) is 0.733. The lowest BCUT2D eigenvalue weighted by Gasteiger charge is -2.35. The summed E-state index contributed by atoms with van der Waals surface area (Å²) in [5.41, 5.74) is 0.293. The van der Waals surface area contributed by atoms with E-state index >= 15 is 0 Å². The molecule has 1 aromatic rings. The van der Waals surface area contributed by atoms with E-state index in [1.165, 1.54) is 0 Å². The minimum Gasteiger partial charge on any atom is -0.481 e. The summed E-state index contributed by atoms with van der Waals surface area (Å²) >= 11 is 0. The second kappa shape index (κ2) is 6.89. The number of carboxylic acid groups (broad SMARTS) is 1. The molecule has 0 bridgehead atoms. The van der Waals surface area contributed by atoms with Crippen molar-refractivity contribution in [3.63, 3.8) is 0 Å². The van der Waals surface area contributed by atoms with E-state index in [0.717, 1.165) is 13.0 Å². The molecule has 2 rings (SSSR count). The van der Waals surface area contributed by atoms with Gasteiger partial charge in [0.1, 0.15) is 0 Å². The van der Waals surface area contributed by atoms with E-state index in [-0.39, 0.29) is 18.5 Å². The Hall–Kier alpha value is -1.92.